The minimum absolute atomic E-state index is 0.193. The number of aryl methyl sites for hydroxylation is 1. The number of amides is 1. The molecular formula is C14H18N4O. The van der Waals surface area contributed by atoms with Gasteiger partial charge in [0, 0.05) is 31.7 Å². The maximum atomic E-state index is 11.8. The van der Waals surface area contributed by atoms with Crippen LogP contribution >= 0.6 is 0 Å². The number of carbonyl (C=O) groups excluding carboxylic acids is 1. The normalized spacial score (nSPS) is 14.2. The topological polar surface area (TPSA) is 69.0 Å². The number of aromatic nitrogens is 1. The Morgan fingerprint density at radius 2 is 2.21 bits per heavy atom. The van der Waals surface area contributed by atoms with Crippen LogP contribution in [0.4, 0.5) is 5.82 Å². The lowest BCUT2D eigenvalue weighted by molar-refractivity contribution is -0.129. The minimum atomic E-state index is 0.193. The Morgan fingerprint density at radius 1 is 1.47 bits per heavy atom. The quantitative estimate of drug-likeness (QED) is 0.892. The van der Waals surface area contributed by atoms with Gasteiger partial charge < -0.3 is 10.2 Å². The van der Waals surface area contributed by atoms with E-state index in [0.29, 0.717) is 24.3 Å². The number of nitrogens with zero attached hydrogens (tertiary/aromatic N) is 3. The second-order valence-corrected chi connectivity index (χ2v) is 4.76. The molecule has 1 saturated heterocycles. The fraction of sp³-hybridized carbons (Fsp3) is 0.500. The Balaban J connectivity index is 1.84. The summed E-state index contributed by atoms with van der Waals surface area (Å²) in [7, 11) is 0. The summed E-state index contributed by atoms with van der Waals surface area (Å²) in [6.07, 6.45) is 2.70. The number of nitrogens with one attached hydrogen (secondary N) is 1. The number of nitriles is 1. The molecule has 1 amide bonds. The average Bonchev–Trinajstić information content (AvgIpc) is 2.92. The molecule has 5 nitrogen and oxygen atoms in total. The van der Waals surface area contributed by atoms with Gasteiger partial charge in [0.1, 0.15) is 5.82 Å². The maximum Gasteiger partial charge on any atom is 0.224 e. The molecule has 0 saturated carbocycles. The Morgan fingerprint density at radius 3 is 2.89 bits per heavy atom. The van der Waals surface area contributed by atoms with Gasteiger partial charge in [0.2, 0.25) is 5.91 Å². The van der Waals surface area contributed by atoms with Crippen LogP contribution in [0.15, 0.2) is 12.1 Å². The van der Waals surface area contributed by atoms with E-state index in [2.05, 4.69) is 16.4 Å². The van der Waals surface area contributed by atoms with Crippen molar-refractivity contribution in [2.45, 2.75) is 26.2 Å². The Kier molecular flexibility index (Phi) is 4.35. The third kappa shape index (κ3) is 3.68. The number of anilines is 1. The molecule has 0 radical (unpaired) electrons. The summed E-state index contributed by atoms with van der Waals surface area (Å²) < 4.78 is 0. The van der Waals surface area contributed by atoms with Gasteiger partial charge in [0.25, 0.3) is 0 Å². The molecule has 19 heavy (non-hydrogen) atoms. The van der Waals surface area contributed by atoms with Crippen LogP contribution in [0.25, 0.3) is 0 Å². The van der Waals surface area contributed by atoms with Crippen LogP contribution in [0.2, 0.25) is 0 Å². The van der Waals surface area contributed by atoms with Crippen molar-refractivity contribution >= 4 is 11.7 Å². The van der Waals surface area contributed by atoms with Crippen LogP contribution in [0.3, 0.4) is 0 Å². The summed E-state index contributed by atoms with van der Waals surface area (Å²) in [5, 5.41) is 12.0. The Bertz CT molecular complexity index is 501. The zero-order chi connectivity index (χ0) is 13.7. The molecule has 100 valence electrons. The zero-order valence-corrected chi connectivity index (χ0v) is 11.1. The summed E-state index contributed by atoms with van der Waals surface area (Å²) in [4.78, 5) is 18.0. The van der Waals surface area contributed by atoms with Gasteiger partial charge in [-0.15, -0.1) is 0 Å². The molecule has 2 heterocycles. The Hall–Kier alpha value is -2.09. The maximum absolute atomic E-state index is 11.8. The first kappa shape index (κ1) is 13.3. The van der Waals surface area contributed by atoms with Crippen molar-refractivity contribution in [1.82, 2.24) is 9.88 Å². The number of likely N-dealkylation sites (tertiary alicyclic amines) is 1. The lowest BCUT2D eigenvalue weighted by Crippen LogP contribution is -2.29. The van der Waals surface area contributed by atoms with Gasteiger partial charge >= 0.3 is 0 Å². The third-order valence-corrected chi connectivity index (χ3v) is 3.19. The van der Waals surface area contributed by atoms with E-state index in [1.54, 1.807) is 12.1 Å². The van der Waals surface area contributed by atoms with E-state index in [0.717, 1.165) is 31.6 Å². The van der Waals surface area contributed by atoms with Crippen LogP contribution < -0.4 is 5.32 Å². The van der Waals surface area contributed by atoms with Crippen molar-refractivity contribution in [1.29, 1.82) is 5.26 Å². The molecule has 1 aromatic rings. The van der Waals surface area contributed by atoms with Crippen LogP contribution in [0, 0.1) is 18.3 Å². The number of pyridine rings is 1. The molecule has 0 aromatic carbocycles. The van der Waals surface area contributed by atoms with Crippen molar-refractivity contribution in [2.75, 3.05) is 25.0 Å². The number of hydrogen-bond acceptors (Lipinski definition) is 4. The SMILES string of the molecule is Cc1cc(C#N)cc(NCCC(=O)N2CCCC2)n1. The number of rotatable bonds is 4. The zero-order valence-electron chi connectivity index (χ0n) is 11.1. The molecule has 0 unspecified atom stereocenters. The first-order valence-electron chi connectivity index (χ1n) is 6.59. The highest BCUT2D eigenvalue weighted by Gasteiger charge is 2.16. The molecule has 1 aliphatic rings. The summed E-state index contributed by atoms with van der Waals surface area (Å²) in [5.74, 6) is 0.851. The standard InChI is InChI=1S/C14H18N4O/c1-11-8-12(10-15)9-13(17-11)16-5-4-14(19)18-6-2-3-7-18/h8-9H,2-7H2,1H3,(H,16,17). The summed E-state index contributed by atoms with van der Waals surface area (Å²) in [6.45, 7) is 4.18. The van der Waals surface area contributed by atoms with Crippen LogP contribution in [0.1, 0.15) is 30.5 Å². The van der Waals surface area contributed by atoms with Crippen LogP contribution in [-0.2, 0) is 4.79 Å². The van der Waals surface area contributed by atoms with Crippen LogP contribution in [0.5, 0.6) is 0 Å². The minimum Gasteiger partial charge on any atom is -0.370 e. The monoisotopic (exact) mass is 258 g/mol. The molecule has 0 spiro atoms. The van der Waals surface area contributed by atoms with E-state index in [1.165, 1.54) is 0 Å². The molecule has 1 fully saturated rings. The van der Waals surface area contributed by atoms with Gasteiger partial charge in [-0.05, 0) is 31.9 Å². The van der Waals surface area contributed by atoms with E-state index in [4.69, 9.17) is 5.26 Å². The van der Waals surface area contributed by atoms with Gasteiger partial charge in [-0.3, -0.25) is 4.79 Å². The van der Waals surface area contributed by atoms with Crippen molar-refractivity contribution < 1.29 is 4.79 Å². The van der Waals surface area contributed by atoms with E-state index in [-0.39, 0.29) is 5.91 Å². The van der Waals surface area contributed by atoms with Gasteiger partial charge in [-0.25, -0.2) is 4.98 Å². The summed E-state index contributed by atoms with van der Waals surface area (Å²) in [6, 6.07) is 5.54. The number of carbonyl (C=O) groups is 1. The fourth-order valence-corrected chi connectivity index (χ4v) is 2.25. The van der Waals surface area contributed by atoms with Crippen molar-refractivity contribution in [3.8, 4) is 6.07 Å². The third-order valence-electron chi connectivity index (χ3n) is 3.19. The second-order valence-electron chi connectivity index (χ2n) is 4.76. The molecule has 0 bridgehead atoms. The van der Waals surface area contributed by atoms with Crippen molar-refractivity contribution in [3.05, 3.63) is 23.4 Å². The van der Waals surface area contributed by atoms with E-state index < -0.39 is 0 Å². The van der Waals surface area contributed by atoms with E-state index >= 15 is 0 Å². The first-order valence-corrected chi connectivity index (χ1v) is 6.59. The first-order chi connectivity index (χ1) is 9.19. The Labute approximate surface area is 113 Å². The predicted octanol–water partition coefficient (Wildman–Crippen LogP) is 1.69. The van der Waals surface area contributed by atoms with E-state index in [9.17, 15) is 4.79 Å². The highest BCUT2D eigenvalue weighted by atomic mass is 16.2. The molecule has 2 rings (SSSR count). The molecule has 0 aliphatic carbocycles. The van der Waals surface area contributed by atoms with Gasteiger partial charge in [0.15, 0.2) is 0 Å². The van der Waals surface area contributed by atoms with Gasteiger partial charge in [-0.1, -0.05) is 0 Å². The number of hydrogen-bond donors (Lipinski definition) is 1. The smallest absolute Gasteiger partial charge is 0.224 e. The molecule has 1 N–H and O–H groups in total. The lowest BCUT2D eigenvalue weighted by Gasteiger charge is -2.15. The molecule has 1 aromatic heterocycles. The van der Waals surface area contributed by atoms with E-state index in [1.807, 2.05) is 11.8 Å². The van der Waals surface area contributed by atoms with Crippen LogP contribution in [-0.4, -0.2) is 35.4 Å². The average molecular weight is 258 g/mol. The van der Waals surface area contributed by atoms with Gasteiger partial charge in [-0.2, -0.15) is 5.26 Å². The van der Waals surface area contributed by atoms with Gasteiger partial charge in [0.05, 0.1) is 11.6 Å². The lowest BCUT2D eigenvalue weighted by atomic mass is 10.2. The molecule has 0 atom stereocenters. The highest BCUT2D eigenvalue weighted by molar-refractivity contribution is 5.76. The van der Waals surface area contributed by atoms with Crippen molar-refractivity contribution in [2.24, 2.45) is 0 Å². The van der Waals surface area contributed by atoms with Crippen molar-refractivity contribution in [3.63, 3.8) is 0 Å². The summed E-state index contributed by atoms with van der Waals surface area (Å²) >= 11 is 0. The highest BCUT2D eigenvalue weighted by Crippen LogP contribution is 2.11. The largest absolute Gasteiger partial charge is 0.370 e. The molecular weight excluding hydrogens is 240 g/mol. The fourth-order valence-electron chi connectivity index (χ4n) is 2.25. The molecule has 5 heteroatoms. The predicted molar refractivity (Wildman–Crippen MR) is 72.6 cm³/mol. The second kappa shape index (κ2) is 6.19. The molecule has 1 aliphatic heterocycles. The summed E-state index contributed by atoms with van der Waals surface area (Å²) in [5.41, 5.74) is 1.38.